The van der Waals surface area contributed by atoms with Crippen molar-refractivity contribution in [2.45, 2.75) is 12.3 Å². The van der Waals surface area contributed by atoms with Gasteiger partial charge in [-0.2, -0.15) is 0 Å². The Morgan fingerprint density at radius 2 is 1.17 bits per heavy atom. The summed E-state index contributed by atoms with van der Waals surface area (Å²) in [6.45, 7) is 2.13. The number of nitrogens with zero attached hydrogens (tertiary/aromatic N) is 6. The summed E-state index contributed by atoms with van der Waals surface area (Å²) in [6.07, 6.45) is 5.79. The van der Waals surface area contributed by atoms with Gasteiger partial charge in [0.25, 0.3) is 0 Å². The van der Waals surface area contributed by atoms with E-state index in [1.807, 2.05) is 79.3 Å². The van der Waals surface area contributed by atoms with Crippen LogP contribution in [0.1, 0.15) is 27.9 Å². The van der Waals surface area contributed by atoms with E-state index in [9.17, 15) is 0 Å². The molecule has 244 valence electrons. The summed E-state index contributed by atoms with van der Waals surface area (Å²) in [4.78, 5) is 25.1. The Kier molecular flexibility index (Phi) is 6.76. The maximum Gasteiger partial charge on any atom is 0.164 e. The quantitative estimate of drug-likeness (QED) is 0.174. The molecule has 1 unspecified atom stereocenters. The average molecular weight is 667 g/mol. The minimum atomic E-state index is -0.762. The zero-order valence-corrected chi connectivity index (χ0v) is 28.7. The predicted molar refractivity (Wildman–Crippen MR) is 211 cm³/mol. The third kappa shape index (κ3) is 4.49. The minimum absolute atomic E-state index is 0.605. The first-order chi connectivity index (χ1) is 25.6. The Balaban J connectivity index is 1.33. The second kappa shape index (κ2) is 11.7. The van der Waals surface area contributed by atoms with Gasteiger partial charge in [-0.1, -0.05) is 120 Å². The van der Waals surface area contributed by atoms with Crippen molar-refractivity contribution in [3.8, 4) is 39.9 Å². The highest BCUT2D eigenvalue weighted by atomic mass is 15.0. The van der Waals surface area contributed by atoms with Crippen LogP contribution in [0.5, 0.6) is 0 Å². The van der Waals surface area contributed by atoms with E-state index in [0.29, 0.717) is 17.5 Å². The summed E-state index contributed by atoms with van der Waals surface area (Å²) in [6, 6.07) is 49.0. The van der Waals surface area contributed by atoms with Crippen LogP contribution in [0.4, 0.5) is 0 Å². The summed E-state index contributed by atoms with van der Waals surface area (Å²) in [7, 11) is 2.13. The third-order valence-electron chi connectivity index (χ3n) is 10.4. The molecule has 0 N–H and O–H groups in total. The van der Waals surface area contributed by atoms with E-state index in [4.69, 9.17) is 19.9 Å². The van der Waals surface area contributed by atoms with Gasteiger partial charge in [-0.05, 0) is 53.9 Å². The minimum Gasteiger partial charge on any atom is -0.305 e. The van der Waals surface area contributed by atoms with Crippen LogP contribution >= 0.6 is 0 Å². The van der Waals surface area contributed by atoms with Crippen LogP contribution in [0.2, 0.25) is 0 Å². The molecule has 0 bridgehead atoms. The number of benzene rings is 5. The molecule has 9 aromatic rings. The van der Waals surface area contributed by atoms with E-state index >= 15 is 0 Å². The van der Waals surface area contributed by atoms with E-state index in [-0.39, 0.29) is 0 Å². The number of hydrogen-bond donors (Lipinski definition) is 0. The molecule has 5 aromatic carbocycles. The van der Waals surface area contributed by atoms with E-state index < -0.39 is 5.41 Å². The first-order valence-electron chi connectivity index (χ1n) is 17.5. The molecule has 1 atom stereocenters. The van der Waals surface area contributed by atoms with Crippen LogP contribution < -0.4 is 5.46 Å². The van der Waals surface area contributed by atoms with Gasteiger partial charge < -0.3 is 4.57 Å². The highest BCUT2D eigenvalue weighted by molar-refractivity contribution is 6.32. The fourth-order valence-corrected chi connectivity index (χ4v) is 7.93. The van der Waals surface area contributed by atoms with Crippen molar-refractivity contribution in [3.05, 3.63) is 186 Å². The molecule has 10 rings (SSSR count). The molecule has 7 heteroatoms. The first kappa shape index (κ1) is 30.1. The summed E-state index contributed by atoms with van der Waals surface area (Å²) in [5, 5.41) is 2.29. The van der Waals surface area contributed by atoms with E-state index in [1.165, 1.54) is 11.0 Å². The number of pyridine rings is 2. The molecule has 52 heavy (non-hydrogen) atoms. The molecule has 6 nitrogen and oxygen atoms in total. The molecule has 5 heterocycles. The maximum atomic E-state index is 5.31. The summed E-state index contributed by atoms with van der Waals surface area (Å²) in [5.74, 6) is 1.86. The van der Waals surface area contributed by atoms with Gasteiger partial charge in [0, 0.05) is 39.9 Å². The second-order valence-corrected chi connectivity index (χ2v) is 13.5. The smallest absolute Gasteiger partial charge is 0.164 e. The first-order valence-corrected chi connectivity index (χ1v) is 17.5. The highest BCUT2D eigenvalue weighted by Crippen LogP contribution is 2.54. The van der Waals surface area contributed by atoms with Gasteiger partial charge in [-0.15, -0.1) is 0 Å². The van der Waals surface area contributed by atoms with Gasteiger partial charge >= 0.3 is 0 Å². The van der Waals surface area contributed by atoms with Gasteiger partial charge in [0.1, 0.15) is 7.85 Å². The fraction of sp³-hybridized carbons (Fsp3) is 0.0444. The zero-order chi connectivity index (χ0) is 34.8. The normalized spacial score (nSPS) is 14.8. The molecule has 0 saturated carbocycles. The zero-order valence-electron chi connectivity index (χ0n) is 28.7. The Hall–Kier alpha value is -6.73. The monoisotopic (exact) mass is 666 g/mol. The molecule has 0 amide bonds. The largest absolute Gasteiger partial charge is 0.305 e. The number of aryl methyl sites for hydroxylation is 1. The Morgan fingerprint density at radius 3 is 1.83 bits per heavy atom. The van der Waals surface area contributed by atoms with Crippen LogP contribution in [0.25, 0.3) is 61.7 Å². The Labute approximate surface area is 302 Å². The van der Waals surface area contributed by atoms with Crippen LogP contribution in [0.15, 0.2) is 158 Å². The van der Waals surface area contributed by atoms with E-state index in [0.717, 1.165) is 66.6 Å². The lowest BCUT2D eigenvalue weighted by Gasteiger charge is -2.41. The molecule has 0 aliphatic carbocycles. The van der Waals surface area contributed by atoms with Gasteiger partial charge in [0.15, 0.2) is 17.5 Å². The molecule has 0 radical (unpaired) electrons. The van der Waals surface area contributed by atoms with E-state index in [2.05, 4.69) is 103 Å². The van der Waals surface area contributed by atoms with Gasteiger partial charge in [-0.3, -0.25) is 9.97 Å². The van der Waals surface area contributed by atoms with Crippen molar-refractivity contribution in [3.63, 3.8) is 0 Å². The van der Waals surface area contributed by atoms with Crippen molar-refractivity contribution >= 4 is 35.1 Å². The predicted octanol–water partition coefficient (Wildman–Crippen LogP) is 8.02. The Bertz CT molecular complexity index is 2690. The van der Waals surface area contributed by atoms with Gasteiger partial charge in [0.2, 0.25) is 0 Å². The molecule has 0 saturated heterocycles. The molecule has 1 aliphatic rings. The highest BCUT2D eigenvalue weighted by Gasteiger charge is 2.47. The number of rotatable bonds is 5. The van der Waals surface area contributed by atoms with Crippen LogP contribution in [0.3, 0.4) is 0 Å². The molecule has 1 aliphatic heterocycles. The lowest BCUT2D eigenvalue weighted by Crippen LogP contribution is -2.36. The van der Waals surface area contributed by atoms with Crippen molar-refractivity contribution in [2.24, 2.45) is 0 Å². The summed E-state index contributed by atoms with van der Waals surface area (Å²) >= 11 is 0. The SMILES string of the molecule is Bc1ccc(C2(c3ccc(C)cc3)c3cc(-c4nc(-c5ccccc5)nc(-c5ccccc5)n4)ccc3-n3c4cnccc4c4ccnc2c43)cc1. The number of fused-ring (bicyclic) bond motifs is 5. The molecule has 0 spiro atoms. The Morgan fingerprint density at radius 1 is 0.577 bits per heavy atom. The van der Waals surface area contributed by atoms with E-state index in [1.54, 1.807) is 0 Å². The van der Waals surface area contributed by atoms with Gasteiger partial charge in [-0.25, -0.2) is 15.0 Å². The van der Waals surface area contributed by atoms with Crippen molar-refractivity contribution in [1.29, 1.82) is 0 Å². The molecule has 4 aromatic heterocycles. The third-order valence-corrected chi connectivity index (χ3v) is 10.4. The lowest BCUT2D eigenvalue weighted by molar-refractivity contribution is 0.699. The standard InChI is InChI=1S/C45H31BN6/c1-28-12-15-32(16-13-28)45(33-17-19-34(46)20-18-33)37-26-31(14-21-38(37)52-39-27-47-24-22-35(39)36-23-25-48-41(45)40(36)52)44-50-42(29-8-4-2-5-9-29)49-43(51-44)30-10-6-3-7-11-30/h2-27H,46H2,1H3. The fourth-order valence-electron chi connectivity index (χ4n) is 7.93. The van der Waals surface area contributed by atoms with Crippen LogP contribution in [0, 0.1) is 6.92 Å². The number of aromatic nitrogens is 6. The van der Waals surface area contributed by atoms with Crippen molar-refractivity contribution in [1.82, 2.24) is 29.5 Å². The summed E-state index contributed by atoms with van der Waals surface area (Å²) in [5.41, 5.74) is 11.9. The maximum absolute atomic E-state index is 5.31. The lowest BCUT2D eigenvalue weighted by atomic mass is 9.64. The van der Waals surface area contributed by atoms with Crippen molar-refractivity contribution < 1.29 is 0 Å². The van der Waals surface area contributed by atoms with Crippen molar-refractivity contribution in [2.75, 3.05) is 0 Å². The molecular formula is C45H31BN6. The topological polar surface area (TPSA) is 69.4 Å². The molecular weight excluding hydrogens is 635 g/mol. The van der Waals surface area contributed by atoms with Crippen LogP contribution in [-0.4, -0.2) is 37.3 Å². The number of hydrogen-bond acceptors (Lipinski definition) is 5. The molecule has 0 fully saturated rings. The summed E-state index contributed by atoms with van der Waals surface area (Å²) < 4.78 is 2.35. The van der Waals surface area contributed by atoms with Crippen LogP contribution in [-0.2, 0) is 5.41 Å². The van der Waals surface area contributed by atoms with Gasteiger partial charge in [0.05, 0.1) is 34.0 Å². The second-order valence-electron chi connectivity index (χ2n) is 13.5. The average Bonchev–Trinajstić information content (AvgIpc) is 3.55.